The predicted octanol–water partition coefficient (Wildman–Crippen LogP) is 0.294. The van der Waals surface area contributed by atoms with E-state index in [1.807, 2.05) is 0 Å². The predicted molar refractivity (Wildman–Crippen MR) is 86.4 cm³/mol. The van der Waals surface area contributed by atoms with Gasteiger partial charge >= 0.3 is 11.8 Å². The van der Waals surface area contributed by atoms with Crippen molar-refractivity contribution in [1.82, 2.24) is 5.32 Å². The van der Waals surface area contributed by atoms with Gasteiger partial charge in [0.1, 0.15) is 5.75 Å². The van der Waals surface area contributed by atoms with Gasteiger partial charge in [-0.05, 0) is 29.8 Å². The highest BCUT2D eigenvalue weighted by Crippen LogP contribution is 2.21. The van der Waals surface area contributed by atoms with Gasteiger partial charge in [0.2, 0.25) is 10.0 Å². The van der Waals surface area contributed by atoms with Gasteiger partial charge < -0.3 is 15.7 Å². The molecule has 126 valence electrons. The molecule has 0 heterocycles. The van der Waals surface area contributed by atoms with Crippen LogP contribution in [0.4, 0.5) is 5.69 Å². The summed E-state index contributed by atoms with van der Waals surface area (Å²) in [7, 11) is -3.78. The van der Waals surface area contributed by atoms with Gasteiger partial charge in [-0.25, -0.2) is 13.6 Å². The van der Waals surface area contributed by atoms with Crippen molar-refractivity contribution in [2.24, 2.45) is 5.14 Å². The second-order valence-corrected chi connectivity index (χ2v) is 6.40. The number of rotatable bonds is 4. The molecule has 0 fully saturated rings. The van der Waals surface area contributed by atoms with Crippen molar-refractivity contribution in [2.75, 3.05) is 5.32 Å². The van der Waals surface area contributed by atoms with Gasteiger partial charge in [0.25, 0.3) is 0 Å². The third-order valence-corrected chi connectivity index (χ3v) is 3.99. The number of nitrogens with two attached hydrogens (primary N) is 1. The molecule has 0 saturated heterocycles. The average Bonchev–Trinajstić information content (AvgIpc) is 2.54. The lowest BCUT2D eigenvalue weighted by atomic mass is 10.2. The Labute approximate surface area is 138 Å². The van der Waals surface area contributed by atoms with E-state index in [4.69, 9.17) is 5.14 Å². The first-order valence-corrected chi connectivity index (χ1v) is 8.31. The van der Waals surface area contributed by atoms with E-state index in [0.29, 0.717) is 5.56 Å². The number of primary sulfonamides is 1. The maximum absolute atomic E-state index is 11.7. The second-order valence-electron chi connectivity index (χ2n) is 4.84. The van der Waals surface area contributed by atoms with Crippen molar-refractivity contribution in [1.29, 1.82) is 0 Å². The molecule has 0 spiro atoms. The van der Waals surface area contributed by atoms with Gasteiger partial charge in [-0.2, -0.15) is 0 Å². The average molecular weight is 349 g/mol. The smallest absolute Gasteiger partial charge is 0.313 e. The van der Waals surface area contributed by atoms with E-state index in [9.17, 15) is 23.1 Å². The number of phenolic OH excluding ortho intramolecular Hbond substituents is 1. The maximum Gasteiger partial charge on any atom is 0.313 e. The van der Waals surface area contributed by atoms with Gasteiger partial charge in [0.05, 0.1) is 10.6 Å². The Morgan fingerprint density at radius 2 is 1.62 bits per heavy atom. The summed E-state index contributed by atoms with van der Waals surface area (Å²) in [4.78, 5) is 23.4. The van der Waals surface area contributed by atoms with Crippen molar-refractivity contribution in [3.8, 4) is 5.75 Å². The molecule has 0 aliphatic heterocycles. The number of para-hydroxylation sites is 2. The fraction of sp³-hybridized carbons (Fsp3) is 0.0667. The SMILES string of the molecule is NS(=O)(=O)c1ccc(CNC(=O)C(=O)Nc2ccccc2O)cc1. The van der Waals surface area contributed by atoms with Gasteiger partial charge in [0, 0.05) is 6.54 Å². The molecule has 0 radical (unpaired) electrons. The summed E-state index contributed by atoms with van der Waals surface area (Å²) in [5, 5.41) is 19.2. The zero-order chi connectivity index (χ0) is 17.7. The second kappa shape index (κ2) is 7.11. The van der Waals surface area contributed by atoms with Crippen LogP contribution in [0.15, 0.2) is 53.4 Å². The van der Waals surface area contributed by atoms with Crippen molar-refractivity contribution in [3.05, 3.63) is 54.1 Å². The highest BCUT2D eigenvalue weighted by atomic mass is 32.2. The number of hydrogen-bond acceptors (Lipinski definition) is 5. The summed E-state index contributed by atoms with van der Waals surface area (Å²) in [5.74, 6) is -1.98. The molecule has 0 aromatic heterocycles. The fourth-order valence-electron chi connectivity index (χ4n) is 1.82. The molecule has 8 nitrogen and oxygen atoms in total. The van der Waals surface area contributed by atoms with Crippen LogP contribution in [0.2, 0.25) is 0 Å². The summed E-state index contributed by atoms with van der Waals surface area (Å²) in [5.41, 5.74) is 0.710. The van der Waals surface area contributed by atoms with E-state index in [-0.39, 0.29) is 22.9 Å². The molecule has 0 aliphatic rings. The number of hydrogen-bond donors (Lipinski definition) is 4. The Hall–Kier alpha value is -2.91. The van der Waals surface area contributed by atoms with E-state index in [1.165, 1.54) is 36.4 Å². The van der Waals surface area contributed by atoms with E-state index in [2.05, 4.69) is 10.6 Å². The number of phenols is 1. The Kier molecular flexibility index (Phi) is 5.17. The van der Waals surface area contributed by atoms with E-state index in [1.54, 1.807) is 12.1 Å². The quantitative estimate of drug-likeness (QED) is 0.464. The van der Waals surface area contributed by atoms with Gasteiger partial charge in [-0.1, -0.05) is 24.3 Å². The molecule has 0 aliphatic carbocycles. The summed E-state index contributed by atoms with van der Waals surface area (Å²) in [6.07, 6.45) is 0. The van der Waals surface area contributed by atoms with Crippen LogP contribution in [-0.2, 0) is 26.2 Å². The number of carbonyl (C=O) groups is 2. The van der Waals surface area contributed by atoms with Crippen LogP contribution >= 0.6 is 0 Å². The summed E-state index contributed by atoms with van der Waals surface area (Å²) in [6.45, 7) is 0.0257. The molecular formula is C15H15N3O5S. The number of sulfonamides is 1. The molecule has 2 amide bonds. The molecular weight excluding hydrogens is 334 g/mol. The van der Waals surface area contributed by atoms with Crippen molar-refractivity contribution < 1.29 is 23.1 Å². The molecule has 2 aromatic rings. The monoisotopic (exact) mass is 349 g/mol. The number of aromatic hydroxyl groups is 1. The van der Waals surface area contributed by atoms with Crippen LogP contribution < -0.4 is 15.8 Å². The summed E-state index contributed by atoms with van der Waals surface area (Å²) >= 11 is 0. The highest BCUT2D eigenvalue weighted by Gasteiger charge is 2.15. The number of amides is 2. The largest absolute Gasteiger partial charge is 0.506 e. The number of benzene rings is 2. The zero-order valence-electron chi connectivity index (χ0n) is 12.4. The van der Waals surface area contributed by atoms with Crippen molar-refractivity contribution >= 4 is 27.5 Å². The maximum atomic E-state index is 11.7. The lowest BCUT2D eigenvalue weighted by Gasteiger charge is -2.08. The van der Waals surface area contributed by atoms with Gasteiger partial charge in [0.15, 0.2) is 0 Å². The third-order valence-electron chi connectivity index (χ3n) is 3.06. The third kappa shape index (κ3) is 4.54. The van der Waals surface area contributed by atoms with Crippen LogP contribution in [0.3, 0.4) is 0 Å². The van der Waals surface area contributed by atoms with Gasteiger partial charge in [-0.15, -0.1) is 0 Å². The number of nitrogens with one attached hydrogen (secondary N) is 2. The lowest BCUT2D eigenvalue weighted by Crippen LogP contribution is -2.34. The molecule has 0 bridgehead atoms. The summed E-state index contributed by atoms with van der Waals surface area (Å²) < 4.78 is 22.3. The standard InChI is InChI=1S/C15H15N3O5S/c16-24(22,23)11-7-5-10(6-8-11)9-17-14(20)15(21)18-12-3-1-2-4-13(12)19/h1-8,19H,9H2,(H,17,20)(H,18,21)(H2,16,22,23). The minimum Gasteiger partial charge on any atom is -0.506 e. The highest BCUT2D eigenvalue weighted by molar-refractivity contribution is 7.89. The summed E-state index contributed by atoms with van der Waals surface area (Å²) in [6, 6.07) is 11.6. The van der Waals surface area contributed by atoms with E-state index in [0.717, 1.165) is 0 Å². The Bertz CT molecular complexity index is 863. The molecule has 24 heavy (non-hydrogen) atoms. The number of anilines is 1. The molecule has 0 saturated carbocycles. The first-order valence-electron chi connectivity index (χ1n) is 6.76. The van der Waals surface area contributed by atoms with Crippen molar-refractivity contribution in [3.63, 3.8) is 0 Å². The van der Waals surface area contributed by atoms with Crippen LogP contribution in [0.5, 0.6) is 5.75 Å². The van der Waals surface area contributed by atoms with Crippen LogP contribution in [0.25, 0.3) is 0 Å². The molecule has 2 rings (SSSR count). The lowest BCUT2D eigenvalue weighted by molar-refractivity contribution is -0.136. The Balaban J connectivity index is 1.93. The van der Waals surface area contributed by atoms with Gasteiger partial charge in [-0.3, -0.25) is 9.59 Å². The Morgan fingerprint density at radius 1 is 1.00 bits per heavy atom. The topological polar surface area (TPSA) is 139 Å². The van der Waals surface area contributed by atoms with E-state index >= 15 is 0 Å². The minimum absolute atomic E-state index is 0.0257. The fourth-order valence-corrected chi connectivity index (χ4v) is 2.33. The minimum atomic E-state index is -3.78. The Morgan fingerprint density at radius 3 is 2.21 bits per heavy atom. The zero-order valence-corrected chi connectivity index (χ0v) is 13.2. The molecule has 0 unspecified atom stereocenters. The van der Waals surface area contributed by atoms with Crippen molar-refractivity contribution in [2.45, 2.75) is 11.4 Å². The normalized spacial score (nSPS) is 10.9. The van der Waals surface area contributed by atoms with Crippen LogP contribution in [0.1, 0.15) is 5.56 Å². The number of carbonyl (C=O) groups excluding carboxylic acids is 2. The molecule has 0 atom stereocenters. The first kappa shape index (κ1) is 17.4. The molecule has 9 heteroatoms. The van der Waals surface area contributed by atoms with E-state index < -0.39 is 21.8 Å². The van der Waals surface area contributed by atoms with Crippen LogP contribution in [-0.4, -0.2) is 25.3 Å². The molecule has 2 aromatic carbocycles. The first-order chi connectivity index (χ1) is 11.3. The molecule has 5 N–H and O–H groups in total. The van der Waals surface area contributed by atoms with Crippen LogP contribution in [0, 0.1) is 0 Å².